The van der Waals surface area contributed by atoms with Crippen LogP contribution < -0.4 is 10.3 Å². The summed E-state index contributed by atoms with van der Waals surface area (Å²) in [6, 6.07) is 12.4. The lowest BCUT2D eigenvalue weighted by Gasteiger charge is -2.14. The number of sulfonamides is 1. The monoisotopic (exact) mass is 413 g/mol. The molecule has 1 aliphatic heterocycles. The third kappa shape index (κ3) is 3.83. The van der Waals surface area contributed by atoms with E-state index in [0.29, 0.717) is 34.2 Å². The molecule has 0 bridgehead atoms. The Labute approximate surface area is 169 Å². The molecular formula is C21H23N3O4S. The fourth-order valence-electron chi connectivity index (χ4n) is 3.64. The second-order valence-corrected chi connectivity index (χ2v) is 9.03. The molecule has 0 saturated carbocycles. The fraction of sp³-hybridized carbons (Fsp3) is 0.333. The minimum absolute atomic E-state index is 0.0810. The summed E-state index contributed by atoms with van der Waals surface area (Å²) in [5, 5.41) is 5.63. The molecule has 2 heterocycles. The molecule has 152 valence electrons. The Balaban J connectivity index is 1.77. The van der Waals surface area contributed by atoms with Gasteiger partial charge < -0.3 is 4.74 Å². The molecule has 0 amide bonds. The largest absolute Gasteiger partial charge is 0.377 e. The van der Waals surface area contributed by atoms with Crippen LogP contribution in [0.4, 0.5) is 0 Å². The normalized spacial score (nSPS) is 17.1. The van der Waals surface area contributed by atoms with Crippen molar-refractivity contribution in [2.24, 2.45) is 7.05 Å². The van der Waals surface area contributed by atoms with Crippen LogP contribution in [-0.2, 0) is 21.8 Å². The molecule has 1 saturated heterocycles. The van der Waals surface area contributed by atoms with Gasteiger partial charge in [0, 0.05) is 31.1 Å². The van der Waals surface area contributed by atoms with Crippen molar-refractivity contribution in [3.05, 3.63) is 58.4 Å². The number of ether oxygens (including phenoxy) is 1. The van der Waals surface area contributed by atoms with Crippen molar-refractivity contribution in [2.45, 2.75) is 30.8 Å². The van der Waals surface area contributed by atoms with Crippen LogP contribution in [0.2, 0.25) is 0 Å². The van der Waals surface area contributed by atoms with Gasteiger partial charge in [-0.05, 0) is 37.5 Å². The van der Waals surface area contributed by atoms with Gasteiger partial charge in [-0.15, -0.1) is 0 Å². The number of benzene rings is 2. The second-order valence-electron chi connectivity index (χ2n) is 7.29. The van der Waals surface area contributed by atoms with Gasteiger partial charge in [0.05, 0.1) is 22.1 Å². The second kappa shape index (κ2) is 7.70. The number of nitrogens with one attached hydrogen (secondary N) is 1. The van der Waals surface area contributed by atoms with Crippen molar-refractivity contribution >= 4 is 20.8 Å². The van der Waals surface area contributed by atoms with Crippen molar-refractivity contribution in [1.82, 2.24) is 14.5 Å². The number of rotatable bonds is 5. The predicted octanol–water partition coefficient (Wildman–Crippen LogP) is 2.37. The Morgan fingerprint density at radius 2 is 1.97 bits per heavy atom. The molecule has 3 aromatic rings. The Bertz CT molecular complexity index is 1230. The van der Waals surface area contributed by atoms with Gasteiger partial charge >= 0.3 is 0 Å². The van der Waals surface area contributed by atoms with Gasteiger partial charge in [-0.3, -0.25) is 4.79 Å². The molecule has 0 spiro atoms. The number of hydrogen-bond acceptors (Lipinski definition) is 5. The summed E-state index contributed by atoms with van der Waals surface area (Å²) >= 11 is 0. The van der Waals surface area contributed by atoms with E-state index in [0.717, 1.165) is 12.8 Å². The Morgan fingerprint density at radius 1 is 1.21 bits per heavy atom. The Kier molecular flexibility index (Phi) is 5.24. The number of fused-ring (bicyclic) bond motifs is 1. The van der Waals surface area contributed by atoms with Crippen molar-refractivity contribution in [1.29, 1.82) is 0 Å². The van der Waals surface area contributed by atoms with Crippen LogP contribution in [0.25, 0.3) is 22.0 Å². The third-order valence-corrected chi connectivity index (χ3v) is 6.80. The minimum atomic E-state index is -3.71. The van der Waals surface area contributed by atoms with Gasteiger partial charge in [0.2, 0.25) is 10.0 Å². The van der Waals surface area contributed by atoms with E-state index >= 15 is 0 Å². The molecule has 1 atom stereocenters. The maximum atomic E-state index is 12.9. The number of nitrogens with zero attached hydrogens (tertiary/aromatic N) is 2. The highest BCUT2D eigenvalue weighted by atomic mass is 32.2. The third-order valence-electron chi connectivity index (χ3n) is 5.23. The molecule has 8 heteroatoms. The number of hydrogen-bond donors (Lipinski definition) is 1. The molecule has 7 nitrogen and oxygen atoms in total. The van der Waals surface area contributed by atoms with Crippen LogP contribution in [-0.4, -0.2) is 37.5 Å². The van der Waals surface area contributed by atoms with Crippen LogP contribution in [0.1, 0.15) is 18.4 Å². The van der Waals surface area contributed by atoms with E-state index in [4.69, 9.17) is 4.74 Å². The molecule has 4 rings (SSSR count). The zero-order chi connectivity index (χ0) is 20.6. The zero-order valence-corrected chi connectivity index (χ0v) is 17.2. The van der Waals surface area contributed by atoms with E-state index in [9.17, 15) is 13.2 Å². The van der Waals surface area contributed by atoms with Crippen LogP contribution in [0, 0.1) is 6.92 Å². The van der Waals surface area contributed by atoms with Crippen molar-refractivity contribution < 1.29 is 13.2 Å². The first-order chi connectivity index (χ1) is 13.9. The molecule has 29 heavy (non-hydrogen) atoms. The maximum Gasteiger partial charge on any atom is 0.274 e. The lowest BCUT2D eigenvalue weighted by Crippen LogP contribution is -2.32. The van der Waals surface area contributed by atoms with Crippen LogP contribution >= 0.6 is 0 Å². The zero-order valence-electron chi connectivity index (χ0n) is 16.4. The van der Waals surface area contributed by atoms with Gasteiger partial charge in [-0.2, -0.15) is 5.10 Å². The highest BCUT2D eigenvalue weighted by molar-refractivity contribution is 7.89. The van der Waals surface area contributed by atoms with Gasteiger partial charge in [0.25, 0.3) is 5.56 Å². The van der Waals surface area contributed by atoms with Gasteiger partial charge in [0.1, 0.15) is 0 Å². The topological polar surface area (TPSA) is 90.3 Å². The van der Waals surface area contributed by atoms with Crippen LogP contribution in [0.5, 0.6) is 0 Å². The first-order valence-electron chi connectivity index (χ1n) is 9.55. The summed E-state index contributed by atoms with van der Waals surface area (Å²) in [6.07, 6.45) is 1.73. The number of aryl methyl sites for hydroxylation is 2. The quantitative estimate of drug-likeness (QED) is 0.694. The first kappa shape index (κ1) is 19.8. The summed E-state index contributed by atoms with van der Waals surface area (Å²) in [6.45, 7) is 2.69. The fourth-order valence-corrected chi connectivity index (χ4v) is 4.97. The summed E-state index contributed by atoms with van der Waals surface area (Å²) in [5.41, 5.74) is 1.66. The first-order valence-corrected chi connectivity index (χ1v) is 11.0. The average molecular weight is 413 g/mol. The van der Waals surface area contributed by atoms with Crippen LogP contribution in [0.15, 0.2) is 52.2 Å². The smallest absolute Gasteiger partial charge is 0.274 e. The van der Waals surface area contributed by atoms with E-state index < -0.39 is 10.0 Å². The molecule has 0 aliphatic carbocycles. The van der Waals surface area contributed by atoms with E-state index in [-0.39, 0.29) is 23.1 Å². The highest BCUT2D eigenvalue weighted by Crippen LogP contribution is 2.28. The van der Waals surface area contributed by atoms with Gasteiger partial charge in [-0.25, -0.2) is 17.8 Å². The molecule has 2 aromatic carbocycles. The number of aromatic nitrogens is 2. The van der Waals surface area contributed by atoms with E-state index in [2.05, 4.69) is 9.82 Å². The average Bonchev–Trinajstić information content (AvgIpc) is 3.23. The lowest BCUT2D eigenvalue weighted by atomic mass is 10.0. The van der Waals surface area contributed by atoms with E-state index in [1.54, 1.807) is 38.2 Å². The van der Waals surface area contributed by atoms with Crippen LogP contribution in [0.3, 0.4) is 0 Å². The van der Waals surface area contributed by atoms with E-state index in [1.807, 2.05) is 18.2 Å². The molecule has 1 fully saturated rings. The molecule has 1 aromatic heterocycles. The Hall–Kier alpha value is -2.55. The summed E-state index contributed by atoms with van der Waals surface area (Å²) < 4.78 is 35.3. The molecule has 1 aliphatic rings. The van der Waals surface area contributed by atoms with Crippen molar-refractivity contribution in [3.8, 4) is 11.3 Å². The predicted molar refractivity (Wildman–Crippen MR) is 111 cm³/mol. The lowest BCUT2D eigenvalue weighted by molar-refractivity contribution is 0.114. The molecular weight excluding hydrogens is 390 g/mol. The van der Waals surface area contributed by atoms with Gasteiger partial charge in [-0.1, -0.05) is 30.3 Å². The van der Waals surface area contributed by atoms with Crippen molar-refractivity contribution in [3.63, 3.8) is 0 Å². The Morgan fingerprint density at radius 3 is 2.69 bits per heavy atom. The standard InChI is InChI=1S/C21H23N3O4S/c1-14-9-10-15(12-19(14)29(26,27)22-13-16-6-5-11-28-16)20-17-7-3-4-8-18(17)21(25)24(2)23-20/h3-4,7-10,12,16,22H,5-6,11,13H2,1-2H3/t16-/m0/s1. The SMILES string of the molecule is Cc1ccc(-c2nn(C)c(=O)c3ccccc23)cc1S(=O)(=O)NC[C@@H]1CCCO1. The minimum Gasteiger partial charge on any atom is -0.377 e. The summed E-state index contributed by atoms with van der Waals surface area (Å²) in [4.78, 5) is 12.6. The summed E-state index contributed by atoms with van der Waals surface area (Å²) in [7, 11) is -2.12. The molecule has 0 unspecified atom stereocenters. The molecule has 1 N–H and O–H groups in total. The van der Waals surface area contributed by atoms with Gasteiger partial charge in [0.15, 0.2) is 0 Å². The molecule has 0 radical (unpaired) electrons. The van der Waals surface area contributed by atoms with Crippen molar-refractivity contribution in [2.75, 3.05) is 13.2 Å². The maximum absolute atomic E-state index is 12.9. The van der Waals surface area contributed by atoms with E-state index in [1.165, 1.54) is 4.68 Å². The highest BCUT2D eigenvalue weighted by Gasteiger charge is 2.22. The summed E-state index contributed by atoms with van der Waals surface area (Å²) in [5.74, 6) is 0.